The molecule has 0 aliphatic carbocycles. The van der Waals surface area contributed by atoms with Crippen molar-refractivity contribution in [2.24, 2.45) is 0 Å². The lowest BCUT2D eigenvalue weighted by molar-refractivity contribution is -0.141. The molecule has 2 rings (SSSR count). The standard InChI is InChI=1S/C24H29Cl3N2O2S/c1-4-16(3)28-24(31)22(5-2)29(15-19-20(26)7-6-8-21(19)27)23(30)13-14-32-18-11-9-17(25)10-12-18/h6-12,16,22H,4-5,13-15H2,1-3H3,(H,28,31)/t16-,22+/m1/s1. The maximum absolute atomic E-state index is 13.3. The zero-order valence-electron chi connectivity index (χ0n) is 18.5. The van der Waals surface area contributed by atoms with E-state index in [1.165, 1.54) is 0 Å². The molecular formula is C24H29Cl3N2O2S. The third-order valence-corrected chi connectivity index (χ3v) is 7.15. The Morgan fingerprint density at radius 2 is 1.62 bits per heavy atom. The summed E-state index contributed by atoms with van der Waals surface area (Å²) in [5.74, 6) is 0.300. The maximum atomic E-state index is 13.3. The Morgan fingerprint density at radius 3 is 2.19 bits per heavy atom. The van der Waals surface area contributed by atoms with E-state index < -0.39 is 6.04 Å². The molecule has 0 saturated carbocycles. The van der Waals surface area contributed by atoms with Crippen molar-refractivity contribution in [3.8, 4) is 0 Å². The molecule has 2 atom stereocenters. The van der Waals surface area contributed by atoms with Gasteiger partial charge in [0.05, 0.1) is 0 Å². The number of carbonyl (C=O) groups is 2. The smallest absolute Gasteiger partial charge is 0.243 e. The van der Waals surface area contributed by atoms with Crippen molar-refractivity contribution in [2.75, 3.05) is 5.75 Å². The molecule has 2 amide bonds. The number of benzene rings is 2. The summed E-state index contributed by atoms with van der Waals surface area (Å²) in [6, 6.07) is 12.1. The van der Waals surface area contributed by atoms with Crippen molar-refractivity contribution in [3.63, 3.8) is 0 Å². The lowest BCUT2D eigenvalue weighted by atomic mass is 10.1. The van der Waals surface area contributed by atoms with Gasteiger partial charge < -0.3 is 10.2 Å². The zero-order valence-corrected chi connectivity index (χ0v) is 21.6. The van der Waals surface area contributed by atoms with E-state index in [1.54, 1.807) is 34.9 Å². The number of hydrogen-bond donors (Lipinski definition) is 1. The average Bonchev–Trinajstić information content (AvgIpc) is 2.76. The van der Waals surface area contributed by atoms with E-state index in [4.69, 9.17) is 34.8 Å². The summed E-state index contributed by atoms with van der Waals surface area (Å²) >= 11 is 20.3. The van der Waals surface area contributed by atoms with Crippen LogP contribution in [-0.2, 0) is 16.1 Å². The second kappa shape index (κ2) is 13.3. The van der Waals surface area contributed by atoms with Gasteiger partial charge in [0.2, 0.25) is 11.8 Å². The van der Waals surface area contributed by atoms with Crippen LogP contribution >= 0.6 is 46.6 Å². The normalized spacial score (nSPS) is 12.8. The number of carbonyl (C=O) groups excluding carboxylic acids is 2. The van der Waals surface area contributed by atoms with Gasteiger partial charge >= 0.3 is 0 Å². The van der Waals surface area contributed by atoms with Crippen LogP contribution in [0.2, 0.25) is 15.1 Å². The first-order valence-corrected chi connectivity index (χ1v) is 12.8. The number of amides is 2. The molecule has 0 heterocycles. The van der Waals surface area contributed by atoms with Crippen LogP contribution in [0.3, 0.4) is 0 Å². The molecule has 0 saturated heterocycles. The molecule has 1 N–H and O–H groups in total. The number of nitrogens with zero attached hydrogens (tertiary/aromatic N) is 1. The second-order valence-corrected chi connectivity index (χ2v) is 9.94. The van der Waals surface area contributed by atoms with Crippen LogP contribution in [0.1, 0.15) is 45.6 Å². The number of hydrogen-bond acceptors (Lipinski definition) is 3. The van der Waals surface area contributed by atoms with E-state index in [0.717, 1.165) is 11.3 Å². The molecule has 0 radical (unpaired) electrons. The van der Waals surface area contributed by atoms with Crippen molar-refractivity contribution in [3.05, 3.63) is 63.1 Å². The monoisotopic (exact) mass is 514 g/mol. The fraction of sp³-hybridized carbons (Fsp3) is 0.417. The van der Waals surface area contributed by atoms with Crippen LogP contribution in [0.15, 0.2) is 47.4 Å². The summed E-state index contributed by atoms with van der Waals surface area (Å²) < 4.78 is 0. The number of thioether (sulfide) groups is 1. The van der Waals surface area contributed by atoms with E-state index >= 15 is 0 Å². The molecule has 0 aliphatic heterocycles. The van der Waals surface area contributed by atoms with Gasteiger partial charge in [-0.1, -0.05) is 54.7 Å². The highest BCUT2D eigenvalue weighted by Gasteiger charge is 2.30. The highest BCUT2D eigenvalue weighted by atomic mass is 35.5. The Kier molecular flexibility index (Phi) is 11.2. The average molecular weight is 516 g/mol. The largest absolute Gasteiger partial charge is 0.352 e. The Hall–Kier alpha value is -1.40. The third kappa shape index (κ3) is 7.87. The predicted octanol–water partition coefficient (Wildman–Crippen LogP) is 6.85. The van der Waals surface area contributed by atoms with Crippen LogP contribution in [0.5, 0.6) is 0 Å². The lowest BCUT2D eigenvalue weighted by Gasteiger charge is -2.32. The fourth-order valence-corrected chi connectivity index (χ4v) is 4.63. The van der Waals surface area contributed by atoms with Gasteiger partial charge in [-0.3, -0.25) is 9.59 Å². The summed E-state index contributed by atoms with van der Waals surface area (Å²) in [5, 5.41) is 4.62. The number of rotatable bonds is 11. The van der Waals surface area contributed by atoms with Gasteiger partial charge in [0.15, 0.2) is 0 Å². The van der Waals surface area contributed by atoms with E-state index in [9.17, 15) is 9.59 Å². The number of nitrogens with one attached hydrogen (secondary N) is 1. The highest BCUT2D eigenvalue weighted by Crippen LogP contribution is 2.28. The number of halogens is 3. The summed E-state index contributed by atoms with van der Waals surface area (Å²) in [7, 11) is 0. The Balaban J connectivity index is 2.20. The van der Waals surface area contributed by atoms with Gasteiger partial charge in [-0.15, -0.1) is 11.8 Å². The van der Waals surface area contributed by atoms with Crippen LogP contribution in [0.25, 0.3) is 0 Å². The molecule has 2 aromatic rings. The first-order chi connectivity index (χ1) is 15.3. The van der Waals surface area contributed by atoms with Gasteiger partial charge in [0, 0.05) is 50.3 Å². The molecule has 174 valence electrons. The van der Waals surface area contributed by atoms with E-state index in [2.05, 4.69) is 5.32 Å². The summed E-state index contributed by atoms with van der Waals surface area (Å²) in [6.45, 7) is 6.03. The van der Waals surface area contributed by atoms with E-state index in [0.29, 0.717) is 32.8 Å². The summed E-state index contributed by atoms with van der Waals surface area (Å²) in [4.78, 5) is 28.9. The SMILES string of the molecule is CC[C@@H](C)NC(=O)[C@H](CC)N(Cc1c(Cl)cccc1Cl)C(=O)CCSc1ccc(Cl)cc1. The van der Waals surface area contributed by atoms with Crippen molar-refractivity contribution in [2.45, 2.75) is 63.6 Å². The molecule has 0 aromatic heterocycles. The minimum absolute atomic E-state index is 0.0258. The molecule has 4 nitrogen and oxygen atoms in total. The van der Waals surface area contributed by atoms with Gasteiger partial charge in [-0.05, 0) is 56.2 Å². The molecular weight excluding hydrogens is 487 g/mol. The molecule has 2 aromatic carbocycles. The topological polar surface area (TPSA) is 49.4 Å². The van der Waals surface area contributed by atoms with Gasteiger partial charge in [0.1, 0.15) is 6.04 Å². The Labute approximate surface area is 210 Å². The maximum Gasteiger partial charge on any atom is 0.243 e. The predicted molar refractivity (Wildman–Crippen MR) is 136 cm³/mol. The lowest BCUT2D eigenvalue weighted by Crippen LogP contribution is -2.50. The molecule has 0 aliphatic rings. The Morgan fingerprint density at radius 1 is 1.00 bits per heavy atom. The summed E-state index contributed by atoms with van der Waals surface area (Å²) in [5.41, 5.74) is 0.643. The molecule has 0 fully saturated rings. The quantitative estimate of drug-likeness (QED) is 0.333. The van der Waals surface area contributed by atoms with Crippen LogP contribution < -0.4 is 5.32 Å². The molecule has 0 spiro atoms. The molecule has 32 heavy (non-hydrogen) atoms. The molecule has 8 heteroatoms. The van der Waals surface area contributed by atoms with E-state index in [1.807, 2.05) is 45.0 Å². The van der Waals surface area contributed by atoms with Crippen LogP contribution in [0.4, 0.5) is 0 Å². The fourth-order valence-electron chi connectivity index (χ4n) is 3.14. The van der Waals surface area contributed by atoms with Crippen molar-refractivity contribution in [1.82, 2.24) is 10.2 Å². The minimum Gasteiger partial charge on any atom is -0.352 e. The van der Waals surface area contributed by atoms with Crippen molar-refractivity contribution < 1.29 is 9.59 Å². The van der Waals surface area contributed by atoms with Crippen molar-refractivity contribution >= 4 is 58.4 Å². The zero-order chi connectivity index (χ0) is 23.7. The second-order valence-electron chi connectivity index (χ2n) is 7.52. The van der Waals surface area contributed by atoms with Gasteiger partial charge in [0.25, 0.3) is 0 Å². The molecule has 0 unspecified atom stereocenters. The summed E-state index contributed by atoms with van der Waals surface area (Å²) in [6.07, 6.45) is 1.58. The highest BCUT2D eigenvalue weighted by molar-refractivity contribution is 7.99. The van der Waals surface area contributed by atoms with Crippen LogP contribution in [0, 0.1) is 0 Å². The van der Waals surface area contributed by atoms with E-state index in [-0.39, 0.29) is 30.8 Å². The first kappa shape index (κ1) is 26.8. The van der Waals surface area contributed by atoms with Gasteiger partial charge in [-0.25, -0.2) is 0 Å². The molecule has 0 bridgehead atoms. The minimum atomic E-state index is -0.607. The van der Waals surface area contributed by atoms with Crippen molar-refractivity contribution in [1.29, 1.82) is 0 Å². The Bertz CT molecular complexity index is 888. The van der Waals surface area contributed by atoms with Crippen LogP contribution in [-0.4, -0.2) is 34.6 Å². The van der Waals surface area contributed by atoms with Gasteiger partial charge in [-0.2, -0.15) is 0 Å². The first-order valence-electron chi connectivity index (χ1n) is 10.7. The third-order valence-electron chi connectivity index (χ3n) is 5.18.